The summed E-state index contributed by atoms with van der Waals surface area (Å²) in [6.07, 6.45) is 0.623. The summed E-state index contributed by atoms with van der Waals surface area (Å²) in [5.41, 5.74) is 0. The van der Waals surface area contributed by atoms with Crippen molar-refractivity contribution >= 4 is 11.9 Å². The number of aliphatic hydroxyl groups is 1. The van der Waals surface area contributed by atoms with Crippen LogP contribution in [0, 0.1) is 5.92 Å². The topological polar surface area (TPSA) is 63.6 Å². The van der Waals surface area contributed by atoms with Crippen molar-refractivity contribution in [1.29, 1.82) is 0 Å². The second kappa shape index (κ2) is 4.85. The average Bonchev–Trinajstić information content (AvgIpc) is 2.02. The quantitative estimate of drug-likeness (QED) is 0.469. The van der Waals surface area contributed by atoms with Gasteiger partial charge in [0.15, 0.2) is 0 Å². The van der Waals surface area contributed by atoms with Gasteiger partial charge in [-0.2, -0.15) is 0 Å². The predicted molar refractivity (Wildman–Crippen MR) is 37.6 cm³/mol. The number of ether oxygens (including phenoxy) is 1. The SMILES string of the molecule is CCC(C)C(=O)OC(=O)CO. The summed E-state index contributed by atoms with van der Waals surface area (Å²) >= 11 is 0. The highest BCUT2D eigenvalue weighted by molar-refractivity contribution is 5.86. The molecule has 11 heavy (non-hydrogen) atoms. The van der Waals surface area contributed by atoms with Crippen molar-refractivity contribution in [3.8, 4) is 0 Å². The number of hydrogen-bond donors (Lipinski definition) is 1. The van der Waals surface area contributed by atoms with E-state index in [4.69, 9.17) is 5.11 Å². The van der Waals surface area contributed by atoms with Crippen LogP contribution in [0.25, 0.3) is 0 Å². The lowest BCUT2D eigenvalue weighted by molar-refractivity contribution is -0.164. The van der Waals surface area contributed by atoms with Crippen LogP contribution < -0.4 is 0 Å². The van der Waals surface area contributed by atoms with Crippen molar-refractivity contribution in [2.24, 2.45) is 5.92 Å². The first-order chi connectivity index (χ1) is 5.11. The molecule has 0 fully saturated rings. The fourth-order valence-electron chi connectivity index (χ4n) is 0.412. The Labute approximate surface area is 65.2 Å². The lowest BCUT2D eigenvalue weighted by Gasteiger charge is -2.05. The van der Waals surface area contributed by atoms with E-state index < -0.39 is 18.5 Å². The van der Waals surface area contributed by atoms with E-state index in [1.54, 1.807) is 6.92 Å². The second-order valence-electron chi connectivity index (χ2n) is 2.26. The van der Waals surface area contributed by atoms with Crippen LogP contribution in [0.2, 0.25) is 0 Å². The molecule has 1 atom stereocenters. The molecular weight excluding hydrogens is 148 g/mol. The fourth-order valence-corrected chi connectivity index (χ4v) is 0.412. The van der Waals surface area contributed by atoms with Crippen molar-refractivity contribution in [2.45, 2.75) is 20.3 Å². The van der Waals surface area contributed by atoms with E-state index in [0.29, 0.717) is 6.42 Å². The van der Waals surface area contributed by atoms with Gasteiger partial charge in [0.1, 0.15) is 6.61 Å². The van der Waals surface area contributed by atoms with Crippen LogP contribution in [-0.2, 0) is 14.3 Å². The van der Waals surface area contributed by atoms with Gasteiger partial charge < -0.3 is 9.84 Å². The molecule has 0 bridgehead atoms. The maximum absolute atomic E-state index is 10.8. The van der Waals surface area contributed by atoms with Crippen molar-refractivity contribution in [3.63, 3.8) is 0 Å². The van der Waals surface area contributed by atoms with Gasteiger partial charge in [0.05, 0.1) is 5.92 Å². The predicted octanol–water partition coefficient (Wildman–Crippen LogP) is 0.0946. The fraction of sp³-hybridized carbons (Fsp3) is 0.714. The molecule has 1 N–H and O–H groups in total. The van der Waals surface area contributed by atoms with Crippen molar-refractivity contribution in [3.05, 3.63) is 0 Å². The molecule has 0 spiro atoms. The number of carbonyl (C=O) groups excluding carboxylic acids is 2. The maximum Gasteiger partial charge on any atom is 0.339 e. The van der Waals surface area contributed by atoms with E-state index in [1.807, 2.05) is 6.92 Å². The summed E-state index contributed by atoms with van der Waals surface area (Å²) < 4.78 is 4.22. The first-order valence-electron chi connectivity index (χ1n) is 3.47. The molecule has 0 radical (unpaired) electrons. The molecule has 0 aromatic carbocycles. The summed E-state index contributed by atoms with van der Waals surface area (Å²) in [7, 11) is 0. The molecule has 0 aliphatic carbocycles. The molecule has 0 rings (SSSR count). The van der Waals surface area contributed by atoms with Crippen LogP contribution in [-0.4, -0.2) is 23.7 Å². The number of aliphatic hydroxyl groups excluding tert-OH is 1. The third-order valence-electron chi connectivity index (χ3n) is 1.36. The van der Waals surface area contributed by atoms with Crippen molar-refractivity contribution < 1.29 is 19.4 Å². The smallest absolute Gasteiger partial charge is 0.339 e. The zero-order valence-corrected chi connectivity index (χ0v) is 6.66. The standard InChI is InChI=1S/C7H12O4/c1-3-5(2)7(10)11-6(9)4-8/h5,8H,3-4H2,1-2H3. The van der Waals surface area contributed by atoms with E-state index in [2.05, 4.69) is 4.74 Å². The van der Waals surface area contributed by atoms with E-state index in [9.17, 15) is 9.59 Å². The molecule has 1 unspecified atom stereocenters. The minimum absolute atomic E-state index is 0.287. The summed E-state index contributed by atoms with van der Waals surface area (Å²) in [4.78, 5) is 21.1. The van der Waals surface area contributed by atoms with Crippen LogP contribution in [0.1, 0.15) is 20.3 Å². The molecule has 4 heteroatoms. The van der Waals surface area contributed by atoms with Gasteiger partial charge in [-0.3, -0.25) is 4.79 Å². The molecule has 4 nitrogen and oxygen atoms in total. The Morgan fingerprint density at radius 3 is 2.45 bits per heavy atom. The molecule has 0 amide bonds. The number of hydrogen-bond acceptors (Lipinski definition) is 4. The van der Waals surface area contributed by atoms with E-state index in [1.165, 1.54) is 0 Å². The molecule has 64 valence electrons. The van der Waals surface area contributed by atoms with Gasteiger partial charge in [-0.25, -0.2) is 4.79 Å². The zero-order valence-electron chi connectivity index (χ0n) is 6.66. The first-order valence-corrected chi connectivity index (χ1v) is 3.47. The van der Waals surface area contributed by atoms with Crippen LogP contribution in [0.15, 0.2) is 0 Å². The van der Waals surface area contributed by atoms with Gasteiger partial charge in [-0.15, -0.1) is 0 Å². The Kier molecular flexibility index (Phi) is 4.45. The molecule has 0 aromatic heterocycles. The normalized spacial score (nSPS) is 12.3. The molecule has 0 aliphatic heterocycles. The van der Waals surface area contributed by atoms with Gasteiger partial charge in [0, 0.05) is 0 Å². The van der Waals surface area contributed by atoms with Crippen molar-refractivity contribution in [2.75, 3.05) is 6.61 Å². The number of carbonyl (C=O) groups is 2. The molecule has 0 aliphatic rings. The van der Waals surface area contributed by atoms with Crippen LogP contribution in [0.5, 0.6) is 0 Å². The monoisotopic (exact) mass is 160 g/mol. The third-order valence-corrected chi connectivity index (χ3v) is 1.36. The van der Waals surface area contributed by atoms with Gasteiger partial charge in [-0.1, -0.05) is 13.8 Å². The highest BCUT2D eigenvalue weighted by atomic mass is 16.6. The van der Waals surface area contributed by atoms with Crippen LogP contribution in [0.3, 0.4) is 0 Å². The lowest BCUT2D eigenvalue weighted by Crippen LogP contribution is -2.20. The summed E-state index contributed by atoms with van der Waals surface area (Å²) in [5, 5.41) is 8.21. The summed E-state index contributed by atoms with van der Waals surface area (Å²) in [6.45, 7) is 2.73. The molecule has 0 saturated carbocycles. The Morgan fingerprint density at radius 2 is 2.09 bits per heavy atom. The molecule has 0 saturated heterocycles. The van der Waals surface area contributed by atoms with E-state index in [-0.39, 0.29) is 5.92 Å². The van der Waals surface area contributed by atoms with Crippen LogP contribution in [0.4, 0.5) is 0 Å². The van der Waals surface area contributed by atoms with E-state index in [0.717, 1.165) is 0 Å². The first kappa shape index (κ1) is 10.1. The van der Waals surface area contributed by atoms with Gasteiger partial charge in [0.2, 0.25) is 0 Å². The Bertz CT molecular complexity index is 153. The summed E-state index contributed by atoms with van der Waals surface area (Å²) in [5.74, 6) is -1.76. The lowest BCUT2D eigenvalue weighted by atomic mass is 10.1. The van der Waals surface area contributed by atoms with Gasteiger partial charge >= 0.3 is 11.9 Å². The van der Waals surface area contributed by atoms with Crippen LogP contribution >= 0.6 is 0 Å². The minimum Gasteiger partial charge on any atom is -0.391 e. The van der Waals surface area contributed by atoms with Crippen molar-refractivity contribution in [1.82, 2.24) is 0 Å². The van der Waals surface area contributed by atoms with Gasteiger partial charge in [-0.05, 0) is 6.42 Å². The minimum atomic E-state index is -0.893. The largest absolute Gasteiger partial charge is 0.391 e. The summed E-state index contributed by atoms with van der Waals surface area (Å²) in [6, 6.07) is 0. The molecular formula is C7H12O4. The Balaban J connectivity index is 3.77. The number of esters is 2. The zero-order chi connectivity index (χ0) is 8.85. The molecule has 0 aromatic rings. The maximum atomic E-state index is 10.8. The highest BCUT2D eigenvalue weighted by Crippen LogP contribution is 2.02. The van der Waals surface area contributed by atoms with Gasteiger partial charge in [0.25, 0.3) is 0 Å². The van der Waals surface area contributed by atoms with E-state index >= 15 is 0 Å². The second-order valence-corrected chi connectivity index (χ2v) is 2.26. The Morgan fingerprint density at radius 1 is 1.55 bits per heavy atom. The number of rotatable bonds is 3. The molecule has 0 heterocycles. The average molecular weight is 160 g/mol. The Hall–Kier alpha value is -0.900. The third kappa shape index (κ3) is 3.72. The highest BCUT2D eigenvalue weighted by Gasteiger charge is 2.15.